The molecular weight excluding hydrogens is 447 g/mol. The van der Waals surface area contributed by atoms with Crippen LogP contribution in [0, 0.1) is 12.7 Å². The highest BCUT2D eigenvalue weighted by Gasteiger charge is 2.32. The second-order valence-electron chi connectivity index (χ2n) is 9.89. The van der Waals surface area contributed by atoms with Crippen molar-refractivity contribution in [1.82, 2.24) is 14.7 Å². The summed E-state index contributed by atoms with van der Waals surface area (Å²) in [5, 5.41) is 7.45. The molecule has 0 radical (unpaired) electrons. The minimum absolute atomic E-state index is 0.0139. The Hall–Kier alpha value is -3.68. The Morgan fingerprint density at radius 3 is 2.26 bits per heavy atom. The maximum Gasteiger partial charge on any atom is 0.410 e. The first kappa shape index (κ1) is 24.4. The molecule has 0 unspecified atom stereocenters. The monoisotopic (exact) mass is 478 g/mol. The SMILES string of the molecule is Cc1ccc(NC(=O)c2cnn(-c3ccc(F)cc3)c2C2CCN(C(=O)OC(C)(C)C)CC2)cc1. The fourth-order valence-electron chi connectivity index (χ4n) is 4.21. The molecule has 0 saturated carbocycles. The van der Waals surface area contributed by atoms with Crippen molar-refractivity contribution in [2.45, 2.75) is 52.1 Å². The topological polar surface area (TPSA) is 76.5 Å². The lowest BCUT2D eigenvalue weighted by molar-refractivity contribution is 0.0203. The summed E-state index contributed by atoms with van der Waals surface area (Å²) in [5.74, 6) is -0.614. The number of ether oxygens (including phenoxy) is 1. The Morgan fingerprint density at radius 2 is 1.66 bits per heavy atom. The molecule has 1 fully saturated rings. The lowest BCUT2D eigenvalue weighted by atomic mass is 9.90. The van der Waals surface area contributed by atoms with Crippen LogP contribution in [-0.2, 0) is 4.74 Å². The molecule has 1 aliphatic heterocycles. The van der Waals surface area contributed by atoms with Crippen molar-refractivity contribution in [3.63, 3.8) is 0 Å². The zero-order valence-corrected chi connectivity index (χ0v) is 20.5. The van der Waals surface area contributed by atoms with E-state index < -0.39 is 5.60 Å². The van der Waals surface area contributed by atoms with Gasteiger partial charge in [0.15, 0.2) is 0 Å². The summed E-state index contributed by atoms with van der Waals surface area (Å²) in [5.41, 5.74) is 3.13. The molecule has 2 heterocycles. The van der Waals surface area contributed by atoms with Gasteiger partial charge in [0.25, 0.3) is 5.91 Å². The Balaban J connectivity index is 1.60. The average molecular weight is 479 g/mol. The van der Waals surface area contributed by atoms with Crippen LogP contribution in [0.4, 0.5) is 14.9 Å². The van der Waals surface area contributed by atoms with Gasteiger partial charge in [-0.05, 0) is 76.9 Å². The third kappa shape index (κ3) is 5.88. The van der Waals surface area contributed by atoms with E-state index in [0.717, 1.165) is 11.3 Å². The molecule has 4 rings (SSSR count). The van der Waals surface area contributed by atoms with Gasteiger partial charge in [-0.2, -0.15) is 5.10 Å². The second-order valence-corrected chi connectivity index (χ2v) is 9.89. The van der Waals surface area contributed by atoms with E-state index in [1.807, 2.05) is 52.0 Å². The number of rotatable bonds is 4. The fraction of sp³-hybridized carbons (Fsp3) is 0.370. The number of hydrogen-bond acceptors (Lipinski definition) is 4. The van der Waals surface area contributed by atoms with E-state index in [9.17, 15) is 14.0 Å². The first-order valence-electron chi connectivity index (χ1n) is 11.8. The van der Waals surface area contributed by atoms with Crippen LogP contribution in [0.15, 0.2) is 54.7 Å². The van der Waals surface area contributed by atoms with E-state index in [-0.39, 0.29) is 23.7 Å². The lowest BCUT2D eigenvalue weighted by Crippen LogP contribution is -2.41. The van der Waals surface area contributed by atoms with Crippen LogP contribution < -0.4 is 5.32 Å². The largest absolute Gasteiger partial charge is 0.444 e. The number of benzene rings is 2. The molecule has 7 nitrogen and oxygen atoms in total. The molecular formula is C27H31FN4O3. The summed E-state index contributed by atoms with van der Waals surface area (Å²) in [7, 11) is 0. The maximum atomic E-state index is 13.6. The quantitative estimate of drug-likeness (QED) is 0.523. The summed E-state index contributed by atoms with van der Waals surface area (Å²) >= 11 is 0. The van der Waals surface area contributed by atoms with E-state index in [0.29, 0.717) is 42.9 Å². The predicted octanol–water partition coefficient (Wildman–Crippen LogP) is 5.69. The van der Waals surface area contributed by atoms with Crippen LogP contribution >= 0.6 is 0 Å². The summed E-state index contributed by atoms with van der Waals surface area (Å²) < 4.78 is 20.8. The standard InChI is InChI=1S/C27H31FN4O3/c1-18-5-9-21(10-6-18)30-25(33)23-17-29-32(22-11-7-20(28)8-12-22)24(23)19-13-15-31(16-14-19)26(34)35-27(2,3)4/h5-12,17,19H,13-16H2,1-4H3,(H,30,33). The highest BCUT2D eigenvalue weighted by molar-refractivity contribution is 6.05. The van der Waals surface area contributed by atoms with Gasteiger partial charge in [-0.3, -0.25) is 4.79 Å². The number of carbonyl (C=O) groups is 2. The van der Waals surface area contributed by atoms with Crippen molar-refractivity contribution < 1.29 is 18.7 Å². The molecule has 1 saturated heterocycles. The minimum Gasteiger partial charge on any atom is -0.444 e. The molecule has 0 spiro atoms. The summed E-state index contributed by atoms with van der Waals surface area (Å²) in [4.78, 5) is 27.5. The molecule has 2 amide bonds. The number of amides is 2. The first-order chi connectivity index (χ1) is 16.6. The van der Waals surface area contributed by atoms with Crippen LogP contribution in [0.2, 0.25) is 0 Å². The van der Waals surface area contributed by atoms with Crippen molar-refractivity contribution in [3.05, 3.63) is 77.4 Å². The Morgan fingerprint density at radius 1 is 1.03 bits per heavy atom. The van der Waals surface area contributed by atoms with Gasteiger partial charge >= 0.3 is 6.09 Å². The number of nitrogens with zero attached hydrogens (tertiary/aromatic N) is 3. The number of anilines is 1. The Bertz CT molecular complexity index is 1190. The third-order valence-corrected chi connectivity index (χ3v) is 5.97. The number of carbonyl (C=O) groups excluding carboxylic acids is 2. The molecule has 1 aliphatic rings. The molecule has 0 bridgehead atoms. The Kier molecular flexibility index (Phi) is 6.91. The van der Waals surface area contributed by atoms with Gasteiger partial charge in [-0.15, -0.1) is 0 Å². The van der Waals surface area contributed by atoms with E-state index in [1.54, 1.807) is 27.9 Å². The van der Waals surface area contributed by atoms with Crippen LogP contribution in [0.1, 0.15) is 61.1 Å². The summed E-state index contributed by atoms with van der Waals surface area (Å²) in [6.45, 7) is 8.54. The minimum atomic E-state index is -0.559. The van der Waals surface area contributed by atoms with Crippen molar-refractivity contribution in [2.75, 3.05) is 18.4 Å². The molecule has 0 aliphatic carbocycles. The lowest BCUT2D eigenvalue weighted by Gasteiger charge is -2.34. The van der Waals surface area contributed by atoms with Gasteiger partial charge in [0.05, 0.1) is 23.1 Å². The highest BCUT2D eigenvalue weighted by Crippen LogP contribution is 2.33. The molecule has 3 aromatic rings. The van der Waals surface area contributed by atoms with Crippen molar-refractivity contribution in [3.8, 4) is 5.69 Å². The van der Waals surface area contributed by atoms with E-state index in [4.69, 9.17) is 4.74 Å². The fourth-order valence-corrected chi connectivity index (χ4v) is 4.21. The number of halogens is 1. The normalized spacial score (nSPS) is 14.6. The molecule has 8 heteroatoms. The van der Waals surface area contributed by atoms with Gasteiger partial charge in [0, 0.05) is 24.7 Å². The number of likely N-dealkylation sites (tertiary alicyclic amines) is 1. The molecule has 1 aromatic heterocycles. The maximum absolute atomic E-state index is 13.6. The van der Waals surface area contributed by atoms with Crippen LogP contribution in [0.25, 0.3) is 5.69 Å². The first-order valence-corrected chi connectivity index (χ1v) is 11.8. The number of hydrogen-bond donors (Lipinski definition) is 1. The van der Waals surface area contributed by atoms with E-state index in [1.165, 1.54) is 12.1 Å². The van der Waals surface area contributed by atoms with Gasteiger partial charge in [-0.1, -0.05) is 17.7 Å². The number of piperidine rings is 1. The summed E-state index contributed by atoms with van der Waals surface area (Å²) in [6.07, 6.45) is 2.52. The number of aryl methyl sites for hydroxylation is 1. The zero-order valence-electron chi connectivity index (χ0n) is 20.5. The summed E-state index contributed by atoms with van der Waals surface area (Å²) in [6, 6.07) is 13.6. The van der Waals surface area contributed by atoms with Crippen LogP contribution in [0.3, 0.4) is 0 Å². The smallest absolute Gasteiger partial charge is 0.410 e. The Labute approximate surface area is 204 Å². The van der Waals surface area contributed by atoms with Crippen molar-refractivity contribution >= 4 is 17.7 Å². The molecule has 1 N–H and O–H groups in total. The number of aromatic nitrogens is 2. The van der Waals surface area contributed by atoms with Crippen LogP contribution in [-0.4, -0.2) is 45.4 Å². The van der Waals surface area contributed by atoms with Crippen molar-refractivity contribution in [1.29, 1.82) is 0 Å². The molecule has 35 heavy (non-hydrogen) atoms. The molecule has 0 atom stereocenters. The van der Waals surface area contributed by atoms with E-state index >= 15 is 0 Å². The van der Waals surface area contributed by atoms with Gasteiger partial charge in [-0.25, -0.2) is 13.9 Å². The number of nitrogens with one attached hydrogen (secondary N) is 1. The van der Waals surface area contributed by atoms with Crippen molar-refractivity contribution in [2.24, 2.45) is 0 Å². The van der Waals surface area contributed by atoms with Crippen LogP contribution in [0.5, 0.6) is 0 Å². The second kappa shape index (κ2) is 9.90. The van der Waals surface area contributed by atoms with E-state index in [2.05, 4.69) is 10.4 Å². The van der Waals surface area contributed by atoms with Gasteiger partial charge in [0.1, 0.15) is 11.4 Å². The molecule has 184 valence electrons. The zero-order chi connectivity index (χ0) is 25.2. The average Bonchev–Trinajstić information content (AvgIpc) is 3.25. The highest BCUT2D eigenvalue weighted by atomic mass is 19.1. The van der Waals surface area contributed by atoms with Gasteiger partial charge in [0.2, 0.25) is 0 Å². The third-order valence-electron chi connectivity index (χ3n) is 5.97. The predicted molar refractivity (Wildman–Crippen MR) is 132 cm³/mol. The molecule has 2 aromatic carbocycles. The van der Waals surface area contributed by atoms with Gasteiger partial charge < -0.3 is 15.0 Å².